The number of ether oxygens (including phenoxy) is 1. The summed E-state index contributed by atoms with van der Waals surface area (Å²) in [5.74, 6) is -0.498. The Morgan fingerprint density at radius 1 is 1.00 bits per heavy atom. The summed E-state index contributed by atoms with van der Waals surface area (Å²) in [6, 6.07) is 22.3. The van der Waals surface area contributed by atoms with E-state index in [1.54, 1.807) is 53.2 Å². The largest absolute Gasteiger partial charge is 0.467 e. The van der Waals surface area contributed by atoms with E-state index in [0.717, 1.165) is 11.1 Å². The number of carbonyl (C=O) groups excluding carboxylic acids is 2. The number of rotatable bonds is 7. The van der Waals surface area contributed by atoms with Crippen LogP contribution in [0.5, 0.6) is 0 Å². The molecule has 3 aromatic carbocycles. The average Bonchev–Trinajstić information content (AvgIpc) is 3.27. The molecule has 3 N–H and O–H groups in total. The number of methoxy groups -OCH3 is 1. The molecule has 0 aliphatic heterocycles. The minimum Gasteiger partial charge on any atom is -0.467 e. The fraction of sp³-hybridized carbons (Fsp3) is 0.115. The van der Waals surface area contributed by atoms with Crippen LogP contribution < -0.4 is 11.1 Å². The quantitative estimate of drug-likeness (QED) is 0.344. The molecule has 0 saturated carbocycles. The van der Waals surface area contributed by atoms with E-state index < -0.39 is 17.9 Å². The minimum absolute atomic E-state index is 0.318. The zero-order chi connectivity index (χ0) is 24.9. The Morgan fingerprint density at radius 2 is 1.71 bits per heavy atom. The molecule has 0 aliphatic carbocycles. The molecule has 0 saturated heterocycles. The molecule has 0 fully saturated rings. The molecule has 1 unspecified atom stereocenters. The van der Waals surface area contributed by atoms with E-state index in [2.05, 4.69) is 10.4 Å². The van der Waals surface area contributed by atoms with E-state index in [-0.39, 0.29) is 0 Å². The van der Waals surface area contributed by atoms with Gasteiger partial charge in [-0.2, -0.15) is 5.10 Å². The van der Waals surface area contributed by atoms with Crippen LogP contribution in [0.15, 0.2) is 78.9 Å². The maximum absolute atomic E-state index is 12.8. The van der Waals surface area contributed by atoms with Crippen LogP contribution in [-0.4, -0.2) is 34.8 Å². The highest BCUT2D eigenvalue weighted by Gasteiger charge is 2.22. The number of carbonyl (C=O) groups is 2. The van der Waals surface area contributed by atoms with Gasteiger partial charge in [-0.15, -0.1) is 0 Å². The third kappa shape index (κ3) is 5.65. The summed E-state index contributed by atoms with van der Waals surface area (Å²) in [6.07, 6.45) is 0.318. The molecular weight excluding hydrogens is 487 g/mol. The molecule has 0 bridgehead atoms. The molecule has 9 heteroatoms. The highest BCUT2D eigenvalue weighted by atomic mass is 35.5. The molecule has 0 spiro atoms. The molecule has 0 radical (unpaired) electrons. The number of nitrogens with one attached hydrogen (secondary N) is 1. The van der Waals surface area contributed by atoms with Crippen LogP contribution in [0.4, 0.5) is 5.82 Å². The van der Waals surface area contributed by atoms with Crippen molar-refractivity contribution in [2.45, 2.75) is 12.5 Å². The number of aromatic nitrogens is 2. The van der Waals surface area contributed by atoms with Crippen LogP contribution >= 0.6 is 23.2 Å². The third-order valence-corrected chi connectivity index (χ3v) is 6.14. The first-order valence-electron chi connectivity index (χ1n) is 10.7. The third-order valence-electron chi connectivity index (χ3n) is 5.40. The van der Waals surface area contributed by atoms with E-state index in [1.165, 1.54) is 7.11 Å². The summed E-state index contributed by atoms with van der Waals surface area (Å²) in [4.78, 5) is 25.1. The molecule has 7 nitrogen and oxygen atoms in total. The van der Waals surface area contributed by atoms with Gasteiger partial charge in [-0.25, -0.2) is 9.48 Å². The predicted molar refractivity (Wildman–Crippen MR) is 137 cm³/mol. The van der Waals surface area contributed by atoms with Gasteiger partial charge in [0.1, 0.15) is 11.9 Å². The van der Waals surface area contributed by atoms with E-state index in [9.17, 15) is 9.59 Å². The van der Waals surface area contributed by atoms with Crippen molar-refractivity contribution >= 4 is 40.9 Å². The number of nitrogens with zero attached hydrogens (tertiary/aromatic N) is 2. The van der Waals surface area contributed by atoms with Crippen LogP contribution in [0, 0.1) is 0 Å². The smallest absolute Gasteiger partial charge is 0.328 e. The summed E-state index contributed by atoms with van der Waals surface area (Å²) in [6.45, 7) is 0. The Labute approximate surface area is 212 Å². The van der Waals surface area contributed by atoms with Gasteiger partial charge in [-0.05, 0) is 42.0 Å². The number of hydrogen-bond acceptors (Lipinski definition) is 5. The summed E-state index contributed by atoms with van der Waals surface area (Å²) >= 11 is 12.1. The first-order chi connectivity index (χ1) is 16.9. The summed E-state index contributed by atoms with van der Waals surface area (Å²) in [5.41, 5.74) is 9.53. The van der Waals surface area contributed by atoms with Gasteiger partial charge in [0.25, 0.3) is 5.91 Å². The Hall–Kier alpha value is -3.81. The van der Waals surface area contributed by atoms with Gasteiger partial charge in [-0.3, -0.25) is 4.79 Å². The molecule has 178 valence electrons. The molecule has 1 atom stereocenters. The zero-order valence-corrected chi connectivity index (χ0v) is 20.3. The lowest BCUT2D eigenvalue weighted by Gasteiger charge is -2.17. The molecule has 0 aliphatic rings. The van der Waals surface area contributed by atoms with E-state index in [4.69, 9.17) is 33.7 Å². The molecule has 4 rings (SSSR count). The second-order valence-corrected chi connectivity index (χ2v) is 8.60. The van der Waals surface area contributed by atoms with E-state index in [0.29, 0.717) is 39.2 Å². The standard InChI is InChI=1S/C26H22Cl2N4O3/c1-35-26(34)23(13-16-5-3-2-4-6-16)30-25(33)17-7-10-19(11-8-17)32-24(29)15-22(31-32)18-9-12-20(27)21(28)14-18/h2-12,14-15,23H,13,29H2,1H3,(H,30,33). The van der Waals surface area contributed by atoms with Gasteiger partial charge < -0.3 is 15.8 Å². The minimum atomic E-state index is -0.815. The lowest BCUT2D eigenvalue weighted by atomic mass is 10.1. The van der Waals surface area contributed by atoms with Gasteiger partial charge in [0, 0.05) is 23.6 Å². The number of anilines is 1. The van der Waals surface area contributed by atoms with Crippen LogP contribution in [0.25, 0.3) is 16.9 Å². The second-order valence-electron chi connectivity index (χ2n) is 7.78. The van der Waals surface area contributed by atoms with Gasteiger partial charge in [-0.1, -0.05) is 59.6 Å². The Morgan fingerprint density at radius 3 is 2.37 bits per heavy atom. The van der Waals surface area contributed by atoms with Crippen molar-refractivity contribution in [3.63, 3.8) is 0 Å². The maximum atomic E-state index is 12.8. The monoisotopic (exact) mass is 508 g/mol. The summed E-state index contributed by atoms with van der Waals surface area (Å²) < 4.78 is 6.43. The molecule has 1 heterocycles. The van der Waals surface area contributed by atoms with Crippen molar-refractivity contribution in [1.29, 1.82) is 0 Å². The number of benzene rings is 3. The lowest BCUT2D eigenvalue weighted by Crippen LogP contribution is -2.43. The summed E-state index contributed by atoms with van der Waals surface area (Å²) in [5, 5.41) is 8.18. The lowest BCUT2D eigenvalue weighted by molar-refractivity contribution is -0.142. The molecule has 1 aromatic heterocycles. The number of esters is 1. The number of hydrogen-bond donors (Lipinski definition) is 2. The second kappa shape index (κ2) is 10.6. The van der Waals surface area contributed by atoms with Crippen LogP contribution in [0.3, 0.4) is 0 Å². The van der Waals surface area contributed by atoms with Gasteiger partial charge >= 0.3 is 5.97 Å². The number of amides is 1. The Kier molecular flexibility index (Phi) is 7.39. The SMILES string of the molecule is COC(=O)C(Cc1ccccc1)NC(=O)c1ccc(-n2nc(-c3ccc(Cl)c(Cl)c3)cc2N)cc1. The topological polar surface area (TPSA) is 99.2 Å². The first-order valence-corrected chi connectivity index (χ1v) is 11.5. The van der Waals surface area contributed by atoms with Gasteiger partial charge in [0.15, 0.2) is 0 Å². The first kappa shape index (κ1) is 24.3. The fourth-order valence-electron chi connectivity index (χ4n) is 3.58. The van der Waals surface area contributed by atoms with E-state index in [1.807, 2.05) is 30.3 Å². The van der Waals surface area contributed by atoms with Crippen LogP contribution in [-0.2, 0) is 16.0 Å². The van der Waals surface area contributed by atoms with Crippen molar-refractivity contribution in [2.75, 3.05) is 12.8 Å². The highest BCUT2D eigenvalue weighted by Crippen LogP contribution is 2.29. The number of halogens is 2. The zero-order valence-electron chi connectivity index (χ0n) is 18.7. The van der Waals surface area contributed by atoms with Crippen molar-refractivity contribution in [2.24, 2.45) is 0 Å². The predicted octanol–water partition coefficient (Wildman–Crippen LogP) is 4.94. The van der Waals surface area contributed by atoms with Gasteiger partial charge in [0.05, 0.1) is 28.5 Å². The molecule has 1 amide bonds. The Balaban J connectivity index is 1.51. The number of nitrogens with two attached hydrogens (primary N) is 1. The summed E-state index contributed by atoms with van der Waals surface area (Å²) in [7, 11) is 1.29. The van der Waals surface area contributed by atoms with Crippen molar-refractivity contribution in [3.05, 3.63) is 100 Å². The normalized spacial score (nSPS) is 11.6. The number of nitrogen functional groups attached to an aromatic ring is 1. The van der Waals surface area contributed by atoms with Gasteiger partial charge in [0.2, 0.25) is 0 Å². The van der Waals surface area contributed by atoms with E-state index >= 15 is 0 Å². The average molecular weight is 509 g/mol. The molecule has 4 aromatic rings. The van der Waals surface area contributed by atoms with Crippen molar-refractivity contribution in [1.82, 2.24) is 15.1 Å². The maximum Gasteiger partial charge on any atom is 0.328 e. The molecule has 35 heavy (non-hydrogen) atoms. The van der Waals surface area contributed by atoms with Crippen LogP contribution in [0.1, 0.15) is 15.9 Å². The van der Waals surface area contributed by atoms with Crippen molar-refractivity contribution in [3.8, 4) is 16.9 Å². The Bertz CT molecular complexity index is 1360. The van der Waals surface area contributed by atoms with Crippen molar-refractivity contribution < 1.29 is 14.3 Å². The fourth-order valence-corrected chi connectivity index (χ4v) is 3.88. The molecular formula is C26H22Cl2N4O3. The van der Waals surface area contributed by atoms with Crippen LogP contribution in [0.2, 0.25) is 10.0 Å². The highest BCUT2D eigenvalue weighted by molar-refractivity contribution is 6.42.